The van der Waals surface area contributed by atoms with Crippen molar-refractivity contribution < 1.29 is 0 Å². The maximum Gasteiger partial charge on any atom is 0.178 e. The Balaban J connectivity index is 1.33. The van der Waals surface area contributed by atoms with Crippen molar-refractivity contribution in [2.45, 2.75) is 6.54 Å². The Morgan fingerprint density at radius 3 is 2.43 bits per heavy atom. The molecular weight excluding hydrogens is 286 g/mol. The van der Waals surface area contributed by atoms with Gasteiger partial charge >= 0.3 is 0 Å². The van der Waals surface area contributed by atoms with Crippen LogP contribution in [0.4, 0.5) is 0 Å². The smallest absolute Gasteiger partial charge is 0.178 e. The minimum Gasteiger partial charge on any atom is -0.309 e. The number of nitrogens with zero attached hydrogens (tertiary/aromatic N) is 5. The van der Waals surface area contributed by atoms with Gasteiger partial charge in [0.25, 0.3) is 0 Å². The molecule has 2 fully saturated rings. The number of pyridine rings is 1. The van der Waals surface area contributed by atoms with Crippen LogP contribution in [-0.2, 0) is 6.54 Å². The Morgan fingerprint density at radius 2 is 1.83 bits per heavy atom. The van der Waals surface area contributed by atoms with E-state index in [4.69, 9.17) is 0 Å². The second-order valence-electron chi connectivity index (χ2n) is 7.08. The maximum atomic E-state index is 4.47. The molecule has 0 bridgehead atoms. The molecule has 0 spiro atoms. The molecule has 23 heavy (non-hydrogen) atoms. The van der Waals surface area contributed by atoms with Crippen LogP contribution in [-0.4, -0.2) is 58.5 Å². The molecule has 0 amide bonds. The predicted octanol–water partition coefficient (Wildman–Crippen LogP) is 1.78. The third-order valence-corrected chi connectivity index (χ3v) is 5.03. The topological polar surface area (TPSA) is 45.2 Å². The summed E-state index contributed by atoms with van der Waals surface area (Å²) in [5, 5.41) is 0. The monoisotopic (exact) mass is 309 g/mol. The van der Waals surface area contributed by atoms with E-state index in [0.29, 0.717) is 5.82 Å². The molecule has 2 aromatic rings. The molecule has 5 nitrogen and oxygen atoms in total. The number of rotatable bonds is 5. The minimum absolute atomic E-state index is 0.699. The number of fused-ring (bicyclic) bond motifs is 1. The highest BCUT2D eigenvalue weighted by Gasteiger charge is 2.55. The van der Waals surface area contributed by atoms with Gasteiger partial charge in [0.1, 0.15) is 5.69 Å². The van der Waals surface area contributed by atoms with Crippen LogP contribution in [0.5, 0.6) is 0 Å². The van der Waals surface area contributed by atoms with Gasteiger partial charge in [-0.1, -0.05) is 6.07 Å². The van der Waals surface area contributed by atoms with Crippen LogP contribution < -0.4 is 0 Å². The van der Waals surface area contributed by atoms with E-state index in [1.54, 1.807) is 6.20 Å². The van der Waals surface area contributed by atoms with Gasteiger partial charge in [0.05, 0.1) is 0 Å². The Kier molecular flexibility index (Phi) is 3.83. The van der Waals surface area contributed by atoms with Gasteiger partial charge in [0, 0.05) is 50.3 Å². The van der Waals surface area contributed by atoms with Gasteiger partial charge in [-0.25, -0.2) is 9.97 Å². The van der Waals surface area contributed by atoms with Gasteiger partial charge in [-0.05, 0) is 44.0 Å². The van der Waals surface area contributed by atoms with Gasteiger partial charge in [-0.2, -0.15) is 0 Å². The van der Waals surface area contributed by atoms with Crippen LogP contribution in [0.25, 0.3) is 11.5 Å². The van der Waals surface area contributed by atoms with Crippen molar-refractivity contribution in [3.05, 3.63) is 42.4 Å². The van der Waals surface area contributed by atoms with E-state index < -0.39 is 0 Å². The largest absolute Gasteiger partial charge is 0.309 e. The van der Waals surface area contributed by atoms with E-state index in [0.717, 1.165) is 30.0 Å². The van der Waals surface area contributed by atoms with Crippen molar-refractivity contribution in [1.82, 2.24) is 24.8 Å². The Bertz CT molecular complexity index is 643. The molecule has 0 N–H and O–H groups in total. The summed E-state index contributed by atoms with van der Waals surface area (Å²) in [6.45, 7) is 4.66. The summed E-state index contributed by atoms with van der Waals surface area (Å²) >= 11 is 0. The summed E-state index contributed by atoms with van der Waals surface area (Å²) < 4.78 is 0. The average molecular weight is 309 g/mol. The third kappa shape index (κ3) is 3.12. The molecule has 1 unspecified atom stereocenters. The van der Waals surface area contributed by atoms with E-state index in [1.165, 1.54) is 25.2 Å². The van der Waals surface area contributed by atoms with Gasteiger partial charge in [0.15, 0.2) is 5.82 Å². The van der Waals surface area contributed by atoms with Gasteiger partial charge in [0.2, 0.25) is 0 Å². The number of piperidine rings is 1. The SMILES string of the molecule is CN(C)CC1[C@H]2CN(Cc3cnc(-c4ccccn4)nc3)C[C@@H]12. The van der Waals surface area contributed by atoms with Crippen molar-refractivity contribution in [2.75, 3.05) is 33.7 Å². The van der Waals surface area contributed by atoms with Crippen LogP contribution in [0.3, 0.4) is 0 Å². The predicted molar refractivity (Wildman–Crippen MR) is 89.6 cm³/mol. The molecule has 120 valence electrons. The molecular formula is C18H23N5. The van der Waals surface area contributed by atoms with Crippen molar-refractivity contribution in [1.29, 1.82) is 0 Å². The molecule has 0 aromatic carbocycles. The molecule has 5 heteroatoms. The molecule has 3 atom stereocenters. The van der Waals surface area contributed by atoms with E-state index in [9.17, 15) is 0 Å². The Morgan fingerprint density at radius 1 is 1.09 bits per heavy atom. The van der Waals surface area contributed by atoms with Crippen LogP contribution >= 0.6 is 0 Å². The first-order chi connectivity index (χ1) is 11.2. The van der Waals surface area contributed by atoms with Crippen molar-refractivity contribution in [2.24, 2.45) is 17.8 Å². The maximum absolute atomic E-state index is 4.47. The molecule has 1 saturated heterocycles. The molecule has 1 saturated carbocycles. The number of hydrogen-bond acceptors (Lipinski definition) is 5. The normalized spacial score (nSPS) is 26.5. The van der Waals surface area contributed by atoms with Crippen molar-refractivity contribution in [3.8, 4) is 11.5 Å². The molecule has 1 aliphatic carbocycles. The zero-order valence-corrected chi connectivity index (χ0v) is 13.8. The van der Waals surface area contributed by atoms with E-state index in [-0.39, 0.29) is 0 Å². The lowest BCUT2D eigenvalue weighted by atomic mass is 10.2. The summed E-state index contributed by atoms with van der Waals surface area (Å²) in [6.07, 6.45) is 5.66. The summed E-state index contributed by atoms with van der Waals surface area (Å²) in [6, 6.07) is 5.80. The van der Waals surface area contributed by atoms with Crippen LogP contribution in [0, 0.1) is 17.8 Å². The second kappa shape index (κ2) is 5.98. The zero-order valence-electron chi connectivity index (χ0n) is 13.8. The number of likely N-dealkylation sites (tertiary alicyclic amines) is 1. The van der Waals surface area contributed by atoms with Crippen molar-refractivity contribution in [3.63, 3.8) is 0 Å². The summed E-state index contributed by atoms with van der Waals surface area (Å²) in [5.41, 5.74) is 2.02. The van der Waals surface area contributed by atoms with Crippen LogP contribution in [0.2, 0.25) is 0 Å². The highest BCUT2D eigenvalue weighted by molar-refractivity contribution is 5.47. The average Bonchev–Trinajstić information content (AvgIpc) is 3.00. The fourth-order valence-electron chi connectivity index (χ4n) is 3.88. The van der Waals surface area contributed by atoms with E-state index in [2.05, 4.69) is 38.8 Å². The first kappa shape index (κ1) is 14.7. The lowest BCUT2D eigenvalue weighted by molar-refractivity contribution is 0.257. The third-order valence-electron chi connectivity index (χ3n) is 5.03. The second-order valence-corrected chi connectivity index (χ2v) is 7.08. The number of hydrogen-bond donors (Lipinski definition) is 0. The molecule has 4 rings (SSSR count). The quantitative estimate of drug-likeness (QED) is 0.842. The van der Waals surface area contributed by atoms with E-state index >= 15 is 0 Å². The highest BCUT2D eigenvalue weighted by atomic mass is 15.2. The molecule has 0 radical (unpaired) electrons. The summed E-state index contributed by atoms with van der Waals surface area (Å²) in [7, 11) is 4.35. The van der Waals surface area contributed by atoms with Crippen LogP contribution in [0.15, 0.2) is 36.8 Å². The van der Waals surface area contributed by atoms with Crippen molar-refractivity contribution >= 4 is 0 Å². The molecule has 1 aliphatic heterocycles. The fourth-order valence-corrected chi connectivity index (χ4v) is 3.88. The number of aromatic nitrogens is 3. The first-order valence-electron chi connectivity index (χ1n) is 8.30. The van der Waals surface area contributed by atoms with Gasteiger partial charge < -0.3 is 4.90 Å². The minimum atomic E-state index is 0.699. The highest BCUT2D eigenvalue weighted by Crippen LogP contribution is 2.51. The summed E-state index contributed by atoms with van der Waals surface area (Å²) in [4.78, 5) is 18.1. The lowest BCUT2D eigenvalue weighted by Gasteiger charge is -2.20. The Labute approximate surface area is 137 Å². The van der Waals surface area contributed by atoms with Gasteiger partial charge in [-0.3, -0.25) is 9.88 Å². The first-order valence-corrected chi connectivity index (χ1v) is 8.30. The summed E-state index contributed by atoms with van der Waals surface area (Å²) in [5.74, 6) is 3.44. The standard InChI is InChI=1S/C18H23N5/c1-22(2)10-14-15-11-23(12-16(14)15)9-13-7-20-18(21-8-13)17-5-3-4-6-19-17/h3-8,14-16H,9-12H2,1-2H3/t14?,15-,16+. The molecule has 2 aliphatic rings. The molecule has 2 aromatic heterocycles. The Hall–Kier alpha value is -1.85. The fraction of sp³-hybridized carbons (Fsp3) is 0.500. The van der Waals surface area contributed by atoms with E-state index in [1.807, 2.05) is 30.6 Å². The lowest BCUT2D eigenvalue weighted by Crippen LogP contribution is -2.27. The molecule has 3 heterocycles. The zero-order chi connectivity index (χ0) is 15.8. The van der Waals surface area contributed by atoms with Gasteiger partial charge in [-0.15, -0.1) is 0 Å². The van der Waals surface area contributed by atoms with Crippen LogP contribution in [0.1, 0.15) is 5.56 Å².